The van der Waals surface area contributed by atoms with E-state index in [-0.39, 0.29) is 11.5 Å². The van der Waals surface area contributed by atoms with E-state index in [1.54, 1.807) is 0 Å². The fourth-order valence-electron chi connectivity index (χ4n) is 10.5. The van der Waals surface area contributed by atoms with Crippen LogP contribution in [0.5, 0.6) is 0 Å². The number of nitrogens with one attached hydrogen (secondary N) is 1. The van der Waals surface area contributed by atoms with Crippen LogP contribution in [0.3, 0.4) is 0 Å². The molecular formula is C35H66N2O2. The molecule has 10 atom stereocenters. The maximum absolute atomic E-state index is 11.9. The highest BCUT2D eigenvalue weighted by atomic mass is 16.5. The number of rotatable bonds is 16. The van der Waals surface area contributed by atoms with E-state index in [1.165, 1.54) is 103 Å². The van der Waals surface area contributed by atoms with Crippen LogP contribution in [0.25, 0.3) is 0 Å². The Kier molecular flexibility index (Phi) is 12.1. The lowest BCUT2D eigenvalue weighted by atomic mass is 9.43. The Bertz CT molecular complexity index is 717. The van der Waals surface area contributed by atoms with Crippen molar-refractivity contribution in [2.75, 3.05) is 26.2 Å². The number of aliphatic hydroxyl groups excluding tert-OH is 1. The normalized spacial score (nSPS) is 40.6. The first kappa shape index (κ1) is 31.8. The summed E-state index contributed by atoms with van der Waals surface area (Å²) < 4.78 is 6.24. The Hall–Kier alpha value is -0.160. The standard InChI is InChI=1S/C35H66N2O2/c1-5-6-7-8-9-10-21-37-22-11-13-26(2)30-16-17-31-29-15-14-27-24-28(39-23-12-20-36)18-19-34(27,3)32(29)25-33(38)35(30,31)4/h26-33,37-38H,5-25,36H2,1-4H3/t26-,27?,28-,29?,30-,31+,32+,33+,34?,35?/m1/s1. The Labute approximate surface area is 242 Å². The van der Waals surface area contributed by atoms with Gasteiger partial charge in [0.05, 0.1) is 12.2 Å². The largest absolute Gasteiger partial charge is 0.393 e. The lowest BCUT2D eigenvalue weighted by Crippen LogP contribution is -2.59. The molecule has 4 nitrogen and oxygen atoms in total. The summed E-state index contributed by atoms with van der Waals surface area (Å²) in [5, 5.41) is 15.6. The van der Waals surface area contributed by atoms with E-state index >= 15 is 0 Å². The molecule has 4 heteroatoms. The van der Waals surface area contributed by atoms with Gasteiger partial charge in [0.15, 0.2) is 0 Å². The molecule has 4 saturated carbocycles. The van der Waals surface area contributed by atoms with Crippen molar-refractivity contribution < 1.29 is 9.84 Å². The number of unbranched alkanes of at least 4 members (excludes halogenated alkanes) is 5. The van der Waals surface area contributed by atoms with E-state index in [4.69, 9.17) is 10.5 Å². The van der Waals surface area contributed by atoms with Crippen molar-refractivity contribution in [2.45, 2.75) is 149 Å². The fourth-order valence-corrected chi connectivity index (χ4v) is 10.5. The van der Waals surface area contributed by atoms with Gasteiger partial charge < -0.3 is 20.9 Å². The van der Waals surface area contributed by atoms with Crippen molar-refractivity contribution >= 4 is 0 Å². The summed E-state index contributed by atoms with van der Waals surface area (Å²) in [5.41, 5.74) is 6.21. The fraction of sp³-hybridized carbons (Fsp3) is 1.00. The number of hydrogen-bond acceptors (Lipinski definition) is 4. The summed E-state index contributed by atoms with van der Waals surface area (Å²) in [6.07, 6.45) is 22.4. The summed E-state index contributed by atoms with van der Waals surface area (Å²) in [7, 11) is 0. The maximum Gasteiger partial charge on any atom is 0.0602 e. The highest BCUT2D eigenvalue weighted by Gasteiger charge is 2.63. The minimum atomic E-state index is -0.126. The van der Waals surface area contributed by atoms with Gasteiger partial charge in [-0.15, -0.1) is 0 Å². The third-order valence-electron chi connectivity index (χ3n) is 12.9. The molecule has 0 aromatic carbocycles. The molecule has 0 saturated heterocycles. The minimum Gasteiger partial charge on any atom is -0.393 e. The van der Waals surface area contributed by atoms with Gasteiger partial charge in [0.1, 0.15) is 0 Å². The molecule has 228 valence electrons. The molecule has 0 aliphatic heterocycles. The van der Waals surface area contributed by atoms with Crippen molar-refractivity contribution in [3.63, 3.8) is 0 Å². The molecule has 39 heavy (non-hydrogen) atoms. The van der Waals surface area contributed by atoms with Crippen LogP contribution in [0.4, 0.5) is 0 Å². The van der Waals surface area contributed by atoms with Crippen molar-refractivity contribution in [1.82, 2.24) is 5.32 Å². The Morgan fingerprint density at radius 1 is 0.897 bits per heavy atom. The van der Waals surface area contributed by atoms with Crippen molar-refractivity contribution in [2.24, 2.45) is 52.1 Å². The number of ether oxygens (including phenoxy) is 1. The third-order valence-corrected chi connectivity index (χ3v) is 12.9. The number of fused-ring (bicyclic) bond motifs is 5. The third kappa shape index (κ3) is 7.08. The molecule has 0 amide bonds. The quantitative estimate of drug-likeness (QED) is 0.173. The zero-order chi connectivity index (χ0) is 27.9. The van der Waals surface area contributed by atoms with Crippen LogP contribution >= 0.6 is 0 Å². The first-order chi connectivity index (χ1) is 18.9. The lowest BCUT2D eigenvalue weighted by Gasteiger charge is -2.62. The summed E-state index contributed by atoms with van der Waals surface area (Å²) in [4.78, 5) is 0. The molecule has 0 heterocycles. The summed E-state index contributed by atoms with van der Waals surface area (Å²) in [6, 6.07) is 0. The Morgan fingerprint density at radius 2 is 1.67 bits per heavy atom. The van der Waals surface area contributed by atoms with E-state index in [2.05, 4.69) is 33.0 Å². The summed E-state index contributed by atoms with van der Waals surface area (Å²) in [6.45, 7) is 13.8. The van der Waals surface area contributed by atoms with Gasteiger partial charge in [0.25, 0.3) is 0 Å². The second-order valence-corrected chi connectivity index (χ2v) is 15.0. The topological polar surface area (TPSA) is 67.5 Å². The van der Waals surface area contributed by atoms with Gasteiger partial charge in [-0.05, 0) is 143 Å². The van der Waals surface area contributed by atoms with Crippen LogP contribution < -0.4 is 11.1 Å². The molecule has 0 aromatic heterocycles. The van der Waals surface area contributed by atoms with Crippen LogP contribution in [0.2, 0.25) is 0 Å². The van der Waals surface area contributed by atoms with Crippen LogP contribution in [0.15, 0.2) is 0 Å². The molecular weight excluding hydrogens is 480 g/mol. The zero-order valence-corrected chi connectivity index (χ0v) is 26.4. The predicted molar refractivity (Wildman–Crippen MR) is 165 cm³/mol. The van der Waals surface area contributed by atoms with Crippen molar-refractivity contribution in [1.29, 1.82) is 0 Å². The molecule has 4 aliphatic rings. The SMILES string of the molecule is CCCCCCCCNCCC[C@@H](C)[C@H]1CC[C@H]2C3CCC4C[C@H](OCCCN)CCC4(C)[C@H]3C[C@H](O)C12C. The second-order valence-electron chi connectivity index (χ2n) is 15.0. The zero-order valence-electron chi connectivity index (χ0n) is 26.4. The van der Waals surface area contributed by atoms with E-state index in [0.717, 1.165) is 56.2 Å². The summed E-state index contributed by atoms with van der Waals surface area (Å²) >= 11 is 0. The first-order valence-electron chi connectivity index (χ1n) is 17.6. The molecule has 0 bridgehead atoms. The van der Waals surface area contributed by atoms with E-state index in [0.29, 0.717) is 23.4 Å². The second kappa shape index (κ2) is 14.8. The summed E-state index contributed by atoms with van der Waals surface area (Å²) in [5.74, 6) is 4.43. The molecule has 4 unspecified atom stereocenters. The van der Waals surface area contributed by atoms with Crippen LogP contribution in [0, 0.1) is 46.3 Å². The average Bonchev–Trinajstić information content (AvgIpc) is 3.29. The van der Waals surface area contributed by atoms with Gasteiger partial charge in [-0.3, -0.25) is 0 Å². The van der Waals surface area contributed by atoms with Gasteiger partial charge in [0.2, 0.25) is 0 Å². The predicted octanol–water partition coefficient (Wildman–Crippen LogP) is 7.72. The molecule has 0 radical (unpaired) electrons. The lowest BCUT2D eigenvalue weighted by molar-refractivity contribution is -0.177. The molecule has 0 aromatic rings. The highest BCUT2D eigenvalue weighted by molar-refractivity contribution is 5.12. The molecule has 4 fully saturated rings. The molecule has 4 rings (SSSR count). The highest BCUT2D eigenvalue weighted by Crippen LogP contribution is 2.68. The smallest absolute Gasteiger partial charge is 0.0602 e. The maximum atomic E-state index is 11.9. The van der Waals surface area contributed by atoms with Crippen molar-refractivity contribution in [3.8, 4) is 0 Å². The van der Waals surface area contributed by atoms with Crippen LogP contribution in [-0.2, 0) is 4.74 Å². The number of aliphatic hydroxyl groups is 1. The van der Waals surface area contributed by atoms with Crippen LogP contribution in [0.1, 0.15) is 137 Å². The Morgan fingerprint density at radius 3 is 2.46 bits per heavy atom. The van der Waals surface area contributed by atoms with Gasteiger partial charge in [-0.1, -0.05) is 59.8 Å². The Balaban J connectivity index is 1.26. The van der Waals surface area contributed by atoms with Gasteiger partial charge in [0, 0.05) is 6.61 Å². The molecule has 4 N–H and O–H groups in total. The molecule has 0 spiro atoms. The van der Waals surface area contributed by atoms with E-state index < -0.39 is 0 Å². The average molecular weight is 547 g/mol. The van der Waals surface area contributed by atoms with E-state index in [1.807, 2.05) is 0 Å². The van der Waals surface area contributed by atoms with Gasteiger partial charge in [-0.25, -0.2) is 0 Å². The van der Waals surface area contributed by atoms with Crippen LogP contribution in [-0.4, -0.2) is 43.6 Å². The molecule has 4 aliphatic carbocycles. The number of nitrogens with two attached hydrogens (primary N) is 1. The van der Waals surface area contributed by atoms with Crippen molar-refractivity contribution in [3.05, 3.63) is 0 Å². The first-order valence-corrected chi connectivity index (χ1v) is 17.6. The minimum absolute atomic E-state index is 0.123. The van der Waals surface area contributed by atoms with Gasteiger partial charge in [-0.2, -0.15) is 0 Å². The number of hydrogen-bond donors (Lipinski definition) is 3. The van der Waals surface area contributed by atoms with E-state index in [9.17, 15) is 5.11 Å². The monoisotopic (exact) mass is 547 g/mol. The van der Waals surface area contributed by atoms with Gasteiger partial charge >= 0.3 is 0 Å².